The molecular weight excluding hydrogens is 328 g/mol. The Balaban J connectivity index is 2.35. The number of fused-ring (bicyclic) bond motifs is 1. The van der Waals surface area contributed by atoms with Crippen LogP contribution < -0.4 is 0 Å². The fourth-order valence-electron chi connectivity index (χ4n) is 2.50. The third kappa shape index (κ3) is 2.45. The molecule has 0 atom stereocenters. The summed E-state index contributed by atoms with van der Waals surface area (Å²) in [7, 11) is 0. The van der Waals surface area contributed by atoms with E-state index >= 15 is 0 Å². The van der Waals surface area contributed by atoms with Gasteiger partial charge in [0.15, 0.2) is 0 Å². The molecule has 0 radical (unpaired) electrons. The molecule has 112 valence electrons. The lowest BCUT2D eigenvalue weighted by atomic mass is 10.0. The van der Waals surface area contributed by atoms with Crippen LogP contribution in [0.1, 0.15) is 5.56 Å². The molecule has 2 aromatic carbocycles. The van der Waals surface area contributed by atoms with Crippen LogP contribution in [0.3, 0.4) is 0 Å². The van der Waals surface area contributed by atoms with E-state index in [0.29, 0.717) is 32.3 Å². The maximum absolute atomic E-state index is 14.0. The molecule has 0 bridgehead atoms. The fraction of sp³-hybridized carbons (Fsp3) is 0.0625. The van der Waals surface area contributed by atoms with E-state index in [9.17, 15) is 9.18 Å². The first kappa shape index (κ1) is 14.9. The van der Waals surface area contributed by atoms with Crippen LogP contribution in [-0.4, -0.2) is 16.1 Å². The van der Waals surface area contributed by atoms with Gasteiger partial charge < -0.3 is 10.1 Å². The number of rotatable bonds is 3. The van der Waals surface area contributed by atoms with Crippen LogP contribution in [0.4, 0.5) is 4.39 Å². The van der Waals surface area contributed by atoms with Crippen molar-refractivity contribution in [2.75, 3.05) is 0 Å². The van der Waals surface area contributed by atoms with Gasteiger partial charge in [0, 0.05) is 10.9 Å². The second kappa shape index (κ2) is 5.63. The number of carboxylic acids is 1. The quantitative estimate of drug-likeness (QED) is 0.713. The van der Waals surface area contributed by atoms with Gasteiger partial charge in [-0.3, -0.25) is 4.79 Å². The standard InChI is InChI=1S/C16H10Cl2FNO2/c17-11-5-1-4-9(14(11)18)15-10(7-13(21)22)8-3-2-6-12(19)16(8)20-15/h1-6,20H,7H2,(H,21,22). The Kier molecular flexibility index (Phi) is 3.81. The summed E-state index contributed by atoms with van der Waals surface area (Å²) in [5.74, 6) is -1.46. The smallest absolute Gasteiger partial charge is 0.307 e. The molecule has 3 aromatic rings. The lowest BCUT2D eigenvalue weighted by molar-refractivity contribution is -0.136. The molecule has 1 aromatic heterocycles. The summed E-state index contributed by atoms with van der Waals surface area (Å²) in [4.78, 5) is 14.1. The molecule has 0 saturated heterocycles. The molecule has 0 fully saturated rings. The minimum atomic E-state index is -1.01. The number of halogens is 3. The lowest BCUT2D eigenvalue weighted by Crippen LogP contribution is -2.01. The van der Waals surface area contributed by atoms with Crippen molar-refractivity contribution in [1.29, 1.82) is 0 Å². The van der Waals surface area contributed by atoms with Crippen molar-refractivity contribution in [3.8, 4) is 11.3 Å². The summed E-state index contributed by atoms with van der Waals surface area (Å²) in [5.41, 5.74) is 1.74. The third-order valence-corrected chi connectivity index (χ3v) is 4.26. The zero-order chi connectivity index (χ0) is 15.9. The average molecular weight is 338 g/mol. The molecule has 0 amide bonds. The predicted molar refractivity (Wildman–Crippen MR) is 85.1 cm³/mol. The van der Waals surface area contributed by atoms with E-state index in [1.807, 2.05) is 0 Å². The van der Waals surface area contributed by atoms with E-state index < -0.39 is 11.8 Å². The van der Waals surface area contributed by atoms with E-state index in [1.165, 1.54) is 6.07 Å². The molecule has 0 spiro atoms. The average Bonchev–Trinajstić information content (AvgIpc) is 2.82. The van der Waals surface area contributed by atoms with Crippen molar-refractivity contribution in [2.45, 2.75) is 6.42 Å². The zero-order valence-electron chi connectivity index (χ0n) is 11.2. The van der Waals surface area contributed by atoms with Gasteiger partial charge in [0.25, 0.3) is 0 Å². The topological polar surface area (TPSA) is 53.1 Å². The van der Waals surface area contributed by atoms with Gasteiger partial charge in [0.1, 0.15) is 5.82 Å². The van der Waals surface area contributed by atoms with Gasteiger partial charge in [-0.2, -0.15) is 0 Å². The number of carbonyl (C=O) groups is 1. The van der Waals surface area contributed by atoms with Crippen molar-refractivity contribution in [2.24, 2.45) is 0 Å². The molecule has 22 heavy (non-hydrogen) atoms. The van der Waals surface area contributed by atoms with E-state index in [0.717, 1.165) is 0 Å². The summed E-state index contributed by atoms with van der Waals surface area (Å²) >= 11 is 12.2. The molecule has 2 N–H and O–H groups in total. The highest BCUT2D eigenvalue weighted by Gasteiger charge is 2.19. The van der Waals surface area contributed by atoms with Crippen LogP contribution in [-0.2, 0) is 11.2 Å². The van der Waals surface area contributed by atoms with Crippen LogP contribution in [0.5, 0.6) is 0 Å². The first-order chi connectivity index (χ1) is 10.5. The summed E-state index contributed by atoms with van der Waals surface area (Å²) in [5, 5.41) is 10.3. The van der Waals surface area contributed by atoms with Crippen LogP contribution in [0, 0.1) is 5.82 Å². The molecule has 0 aliphatic carbocycles. The van der Waals surface area contributed by atoms with Crippen molar-refractivity contribution in [3.05, 3.63) is 57.8 Å². The Labute approximate surface area is 135 Å². The maximum atomic E-state index is 14.0. The van der Waals surface area contributed by atoms with Gasteiger partial charge in [-0.05, 0) is 17.7 Å². The number of hydrogen-bond acceptors (Lipinski definition) is 1. The Morgan fingerprint density at radius 1 is 1.18 bits per heavy atom. The first-order valence-electron chi connectivity index (χ1n) is 6.44. The van der Waals surface area contributed by atoms with Gasteiger partial charge in [-0.25, -0.2) is 4.39 Å². The van der Waals surface area contributed by atoms with Crippen molar-refractivity contribution in [3.63, 3.8) is 0 Å². The molecule has 0 aliphatic heterocycles. The van der Waals surface area contributed by atoms with Crippen molar-refractivity contribution < 1.29 is 14.3 Å². The van der Waals surface area contributed by atoms with Crippen LogP contribution >= 0.6 is 23.2 Å². The van der Waals surface area contributed by atoms with Crippen LogP contribution in [0.15, 0.2) is 36.4 Å². The Morgan fingerprint density at radius 3 is 2.64 bits per heavy atom. The van der Waals surface area contributed by atoms with Gasteiger partial charge in [0.2, 0.25) is 0 Å². The fourth-order valence-corrected chi connectivity index (χ4v) is 2.89. The molecule has 0 saturated carbocycles. The molecular formula is C16H10Cl2FNO2. The number of aromatic nitrogens is 1. The van der Waals surface area contributed by atoms with E-state index in [2.05, 4.69) is 4.98 Å². The Morgan fingerprint density at radius 2 is 1.91 bits per heavy atom. The Hall–Kier alpha value is -2.04. The lowest BCUT2D eigenvalue weighted by Gasteiger charge is -2.06. The van der Waals surface area contributed by atoms with Crippen molar-refractivity contribution in [1.82, 2.24) is 4.98 Å². The normalized spacial score (nSPS) is 11.0. The highest BCUT2D eigenvalue weighted by atomic mass is 35.5. The Bertz CT molecular complexity index is 889. The van der Waals surface area contributed by atoms with E-state index in [-0.39, 0.29) is 11.9 Å². The number of benzene rings is 2. The monoisotopic (exact) mass is 337 g/mol. The predicted octanol–water partition coefficient (Wildman–Crippen LogP) is 4.91. The van der Waals surface area contributed by atoms with Gasteiger partial charge in [0.05, 0.1) is 27.7 Å². The van der Waals surface area contributed by atoms with Crippen LogP contribution in [0.25, 0.3) is 22.2 Å². The molecule has 3 nitrogen and oxygen atoms in total. The number of hydrogen-bond donors (Lipinski definition) is 2. The highest BCUT2D eigenvalue weighted by Crippen LogP contribution is 2.38. The first-order valence-corrected chi connectivity index (χ1v) is 7.20. The minimum absolute atomic E-state index is 0.248. The number of H-pyrrole nitrogens is 1. The van der Waals surface area contributed by atoms with Gasteiger partial charge in [-0.1, -0.05) is 47.5 Å². The summed E-state index contributed by atoms with van der Waals surface area (Å²) in [6, 6.07) is 9.58. The van der Waals surface area contributed by atoms with Gasteiger partial charge in [-0.15, -0.1) is 0 Å². The second-order valence-corrected chi connectivity index (χ2v) is 5.60. The summed E-state index contributed by atoms with van der Waals surface area (Å²) < 4.78 is 14.0. The number of para-hydroxylation sites is 1. The van der Waals surface area contributed by atoms with Crippen molar-refractivity contribution >= 4 is 40.1 Å². The zero-order valence-corrected chi connectivity index (χ0v) is 12.7. The number of aliphatic carboxylic acids is 1. The van der Waals surface area contributed by atoms with Gasteiger partial charge >= 0.3 is 5.97 Å². The summed E-state index contributed by atoms with van der Waals surface area (Å²) in [6.45, 7) is 0. The second-order valence-electron chi connectivity index (χ2n) is 4.81. The number of nitrogens with one attached hydrogen (secondary N) is 1. The SMILES string of the molecule is O=C(O)Cc1c(-c2cccc(Cl)c2Cl)[nH]c2c(F)cccc12. The minimum Gasteiger partial charge on any atom is -0.481 e. The van der Waals surface area contributed by atoms with Crippen LogP contribution in [0.2, 0.25) is 10.0 Å². The van der Waals surface area contributed by atoms with E-state index in [4.69, 9.17) is 28.3 Å². The molecule has 0 aliphatic rings. The molecule has 3 rings (SSSR count). The summed E-state index contributed by atoms with van der Waals surface area (Å²) in [6.07, 6.45) is -0.248. The number of aromatic amines is 1. The highest BCUT2D eigenvalue weighted by molar-refractivity contribution is 6.43. The third-order valence-electron chi connectivity index (χ3n) is 3.44. The molecule has 1 heterocycles. The van der Waals surface area contributed by atoms with E-state index in [1.54, 1.807) is 30.3 Å². The molecule has 6 heteroatoms. The maximum Gasteiger partial charge on any atom is 0.307 e. The largest absolute Gasteiger partial charge is 0.481 e. The number of carboxylic acid groups (broad SMARTS) is 1. The molecule has 0 unspecified atom stereocenters.